The highest BCUT2D eigenvalue weighted by Gasteiger charge is 2.31. The molecule has 166 valence electrons. The van der Waals surface area contributed by atoms with Gasteiger partial charge < -0.3 is 19.5 Å². The number of amides is 1. The first kappa shape index (κ1) is 21.7. The standard InChI is InChI=1S/C21H26N4O5S/c1-12-14(4-5-15-16(12)11-30-19(15)28)17(26)10-25-8-6-13(7-9-25)18(27)24(2)21-22-20(29-3)23-31-21/h4-5,13,17,26H,6-11H2,1-3H3. The number of methoxy groups -OCH3 is 1. The first-order valence-corrected chi connectivity index (χ1v) is 11.0. The van der Waals surface area contributed by atoms with Crippen LogP contribution in [0.1, 0.15) is 46.0 Å². The lowest BCUT2D eigenvalue weighted by atomic mass is 9.93. The highest BCUT2D eigenvalue weighted by atomic mass is 32.1. The molecule has 0 spiro atoms. The van der Waals surface area contributed by atoms with E-state index in [9.17, 15) is 14.7 Å². The maximum absolute atomic E-state index is 12.8. The van der Waals surface area contributed by atoms with Gasteiger partial charge in [0.25, 0.3) is 0 Å². The number of aromatic nitrogens is 2. The predicted molar refractivity (Wildman–Crippen MR) is 114 cm³/mol. The van der Waals surface area contributed by atoms with Crippen LogP contribution >= 0.6 is 11.5 Å². The quantitative estimate of drug-likeness (QED) is 0.671. The van der Waals surface area contributed by atoms with Crippen molar-refractivity contribution in [3.05, 3.63) is 34.4 Å². The van der Waals surface area contributed by atoms with E-state index in [0.29, 0.717) is 17.2 Å². The maximum Gasteiger partial charge on any atom is 0.338 e. The van der Waals surface area contributed by atoms with Crippen molar-refractivity contribution in [3.63, 3.8) is 0 Å². The van der Waals surface area contributed by atoms with E-state index < -0.39 is 6.10 Å². The lowest BCUT2D eigenvalue weighted by Gasteiger charge is -2.34. The van der Waals surface area contributed by atoms with Crippen LogP contribution in [0.15, 0.2) is 12.1 Å². The molecule has 1 amide bonds. The van der Waals surface area contributed by atoms with Crippen molar-refractivity contribution in [1.82, 2.24) is 14.3 Å². The lowest BCUT2D eigenvalue weighted by molar-refractivity contribution is -0.123. The second kappa shape index (κ2) is 8.89. The van der Waals surface area contributed by atoms with Crippen molar-refractivity contribution < 1.29 is 24.2 Å². The molecule has 31 heavy (non-hydrogen) atoms. The molecular formula is C21H26N4O5S. The van der Waals surface area contributed by atoms with E-state index in [1.165, 1.54) is 7.11 Å². The van der Waals surface area contributed by atoms with Crippen LogP contribution in [0.25, 0.3) is 0 Å². The van der Waals surface area contributed by atoms with Crippen molar-refractivity contribution in [2.24, 2.45) is 5.92 Å². The number of benzene rings is 1. The number of ether oxygens (including phenoxy) is 2. The Labute approximate surface area is 184 Å². The van der Waals surface area contributed by atoms with Crippen LogP contribution in [0, 0.1) is 12.8 Å². The number of carbonyl (C=O) groups is 2. The van der Waals surface area contributed by atoms with Gasteiger partial charge in [0.05, 0.1) is 18.8 Å². The summed E-state index contributed by atoms with van der Waals surface area (Å²) in [5, 5.41) is 11.3. The second-order valence-electron chi connectivity index (χ2n) is 7.93. The van der Waals surface area contributed by atoms with Gasteiger partial charge in [0.1, 0.15) is 6.61 Å². The zero-order chi connectivity index (χ0) is 22.1. The van der Waals surface area contributed by atoms with E-state index in [1.807, 2.05) is 13.0 Å². The zero-order valence-electron chi connectivity index (χ0n) is 17.8. The summed E-state index contributed by atoms with van der Waals surface area (Å²) in [6.45, 7) is 4.13. The molecule has 9 nitrogen and oxygen atoms in total. The molecule has 1 aromatic heterocycles. The van der Waals surface area contributed by atoms with Gasteiger partial charge in [-0.3, -0.25) is 9.69 Å². The number of piperidine rings is 1. The number of aliphatic hydroxyl groups is 1. The van der Waals surface area contributed by atoms with Gasteiger partial charge in [0.2, 0.25) is 11.0 Å². The number of likely N-dealkylation sites (tertiary alicyclic amines) is 1. The molecule has 0 saturated carbocycles. The number of anilines is 1. The molecule has 3 heterocycles. The van der Waals surface area contributed by atoms with Gasteiger partial charge in [-0.1, -0.05) is 6.07 Å². The fourth-order valence-corrected chi connectivity index (χ4v) is 4.83. The Morgan fingerprint density at radius 3 is 2.84 bits per heavy atom. The van der Waals surface area contributed by atoms with Gasteiger partial charge in [0.15, 0.2) is 0 Å². The predicted octanol–water partition coefficient (Wildman–Crippen LogP) is 1.93. The molecule has 2 aliphatic heterocycles. The normalized spacial score (nSPS) is 17.9. The third-order valence-electron chi connectivity index (χ3n) is 6.13. The van der Waals surface area contributed by atoms with Crippen LogP contribution < -0.4 is 9.64 Å². The largest absolute Gasteiger partial charge is 0.466 e. The molecule has 0 bridgehead atoms. The van der Waals surface area contributed by atoms with Crippen LogP contribution in [0.4, 0.5) is 5.13 Å². The number of esters is 1. The Hall–Kier alpha value is -2.56. The topological polar surface area (TPSA) is 105 Å². The average Bonchev–Trinajstić information content (AvgIpc) is 3.41. The Morgan fingerprint density at radius 2 is 2.16 bits per heavy atom. The molecule has 0 aliphatic carbocycles. The Balaban J connectivity index is 1.33. The molecular weight excluding hydrogens is 420 g/mol. The first-order valence-electron chi connectivity index (χ1n) is 10.2. The molecule has 2 aromatic rings. The summed E-state index contributed by atoms with van der Waals surface area (Å²) in [6, 6.07) is 3.81. The van der Waals surface area contributed by atoms with Gasteiger partial charge in [-0.15, -0.1) is 4.37 Å². The second-order valence-corrected chi connectivity index (χ2v) is 8.66. The number of rotatable bonds is 6. The molecule has 1 atom stereocenters. The van der Waals surface area contributed by atoms with E-state index >= 15 is 0 Å². The number of aliphatic hydroxyl groups excluding tert-OH is 1. The summed E-state index contributed by atoms with van der Waals surface area (Å²) < 4.78 is 14.1. The summed E-state index contributed by atoms with van der Waals surface area (Å²) in [6.07, 6.45) is 0.777. The van der Waals surface area contributed by atoms with Crippen molar-refractivity contribution in [2.75, 3.05) is 38.7 Å². The van der Waals surface area contributed by atoms with Gasteiger partial charge in [-0.2, -0.15) is 4.98 Å². The lowest BCUT2D eigenvalue weighted by Crippen LogP contribution is -2.42. The van der Waals surface area contributed by atoms with Gasteiger partial charge in [-0.25, -0.2) is 4.79 Å². The first-order chi connectivity index (χ1) is 14.9. The minimum Gasteiger partial charge on any atom is -0.466 e. The smallest absolute Gasteiger partial charge is 0.338 e. The monoisotopic (exact) mass is 446 g/mol. The van der Waals surface area contributed by atoms with Gasteiger partial charge in [-0.05, 0) is 50.0 Å². The molecule has 10 heteroatoms. The Morgan fingerprint density at radius 1 is 1.42 bits per heavy atom. The highest BCUT2D eigenvalue weighted by Crippen LogP contribution is 2.30. The van der Waals surface area contributed by atoms with E-state index in [2.05, 4.69) is 14.3 Å². The molecule has 1 N–H and O–H groups in total. The number of hydrogen-bond donors (Lipinski definition) is 1. The minimum absolute atomic E-state index is 0.0261. The number of carbonyl (C=O) groups excluding carboxylic acids is 2. The van der Waals surface area contributed by atoms with E-state index in [-0.39, 0.29) is 30.4 Å². The fourth-order valence-electron chi connectivity index (χ4n) is 4.22. The third-order valence-corrected chi connectivity index (χ3v) is 6.91. The minimum atomic E-state index is -0.662. The Kier molecular flexibility index (Phi) is 6.22. The number of cyclic esters (lactones) is 1. The summed E-state index contributed by atoms with van der Waals surface area (Å²) in [5.74, 6) is -0.362. The summed E-state index contributed by atoms with van der Waals surface area (Å²) in [5.41, 5.74) is 3.18. The molecule has 1 unspecified atom stereocenters. The van der Waals surface area contributed by atoms with Gasteiger partial charge in [0, 0.05) is 36.6 Å². The molecule has 1 aromatic carbocycles. The molecule has 1 fully saturated rings. The van der Waals surface area contributed by atoms with E-state index in [4.69, 9.17) is 9.47 Å². The SMILES string of the molecule is COc1nsc(N(C)C(=O)C2CCN(CC(O)c3ccc4c(c3C)COC4=O)CC2)n1. The van der Waals surface area contributed by atoms with E-state index in [0.717, 1.165) is 54.2 Å². The third kappa shape index (κ3) is 4.28. The Bertz CT molecular complexity index is 986. The van der Waals surface area contributed by atoms with Crippen LogP contribution in [-0.2, 0) is 16.1 Å². The highest BCUT2D eigenvalue weighted by molar-refractivity contribution is 7.10. The van der Waals surface area contributed by atoms with Crippen LogP contribution in [0.5, 0.6) is 6.01 Å². The van der Waals surface area contributed by atoms with Crippen LogP contribution in [0.3, 0.4) is 0 Å². The number of nitrogens with zero attached hydrogens (tertiary/aromatic N) is 4. The fraction of sp³-hybridized carbons (Fsp3) is 0.524. The van der Waals surface area contributed by atoms with E-state index in [1.54, 1.807) is 18.0 Å². The molecule has 0 radical (unpaired) electrons. The molecule has 1 saturated heterocycles. The molecule has 2 aliphatic rings. The summed E-state index contributed by atoms with van der Waals surface area (Å²) in [7, 11) is 3.21. The van der Waals surface area contributed by atoms with Crippen molar-refractivity contribution in [2.45, 2.75) is 32.5 Å². The van der Waals surface area contributed by atoms with Crippen LogP contribution in [0.2, 0.25) is 0 Å². The number of fused-ring (bicyclic) bond motifs is 1. The number of hydrogen-bond acceptors (Lipinski definition) is 9. The number of β-amino-alcohol motifs (C(OH)–C–C–N with tert-alkyl or cyclic N) is 1. The van der Waals surface area contributed by atoms with Crippen molar-refractivity contribution in [1.29, 1.82) is 0 Å². The maximum atomic E-state index is 12.8. The summed E-state index contributed by atoms with van der Waals surface area (Å²) >= 11 is 1.14. The zero-order valence-corrected chi connectivity index (χ0v) is 18.6. The van der Waals surface area contributed by atoms with Crippen molar-refractivity contribution >= 4 is 28.5 Å². The summed E-state index contributed by atoms with van der Waals surface area (Å²) in [4.78, 5) is 32.5. The van der Waals surface area contributed by atoms with Crippen molar-refractivity contribution in [3.8, 4) is 6.01 Å². The van der Waals surface area contributed by atoms with Gasteiger partial charge >= 0.3 is 12.0 Å². The van der Waals surface area contributed by atoms with Crippen LogP contribution in [-0.4, -0.2) is 65.0 Å². The molecule has 4 rings (SSSR count). The average molecular weight is 447 g/mol.